The van der Waals surface area contributed by atoms with E-state index in [0.29, 0.717) is 24.5 Å². The van der Waals surface area contributed by atoms with Crippen molar-refractivity contribution < 1.29 is 9.90 Å². The van der Waals surface area contributed by atoms with Crippen LogP contribution in [0.15, 0.2) is 30.3 Å². The number of Topliss-reactive ketones (excluding diaryl/α,β-unsaturated/α-hetero) is 1. The summed E-state index contributed by atoms with van der Waals surface area (Å²) in [6, 6.07) is 10.3. The van der Waals surface area contributed by atoms with E-state index < -0.39 is 0 Å². The van der Waals surface area contributed by atoms with Crippen molar-refractivity contribution in [2.75, 3.05) is 0 Å². The molecule has 0 saturated heterocycles. The van der Waals surface area contributed by atoms with Gasteiger partial charge in [-0.15, -0.1) is 0 Å². The van der Waals surface area contributed by atoms with Crippen LogP contribution in [0.2, 0.25) is 0 Å². The molecule has 0 radical (unpaired) electrons. The van der Waals surface area contributed by atoms with Crippen molar-refractivity contribution in [1.82, 2.24) is 0 Å². The number of hydrogen-bond acceptors (Lipinski definition) is 2. The summed E-state index contributed by atoms with van der Waals surface area (Å²) < 4.78 is 0. The number of carbonyl (C=O) groups is 1. The molecule has 1 aromatic rings. The van der Waals surface area contributed by atoms with Crippen LogP contribution in [-0.2, 0) is 11.2 Å². The average molecular weight is 345 g/mol. The van der Waals surface area contributed by atoms with E-state index >= 15 is 0 Å². The molecule has 140 valence electrons. The van der Waals surface area contributed by atoms with E-state index in [1.807, 2.05) is 18.2 Å². The molecule has 0 spiro atoms. The standard InChI is InChI=1S/C23H36O2/c1-2-3-11-20-12-7-8-13-21(20)18-23(25)17-16-22(24)15-14-19-9-5-4-6-10-19/h4-6,9-10,20-22,24H,2-3,7-8,11-18H2,1H3. The largest absolute Gasteiger partial charge is 0.393 e. The number of rotatable bonds is 11. The van der Waals surface area contributed by atoms with E-state index in [2.05, 4.69) is 19.1 Å². The maximum atomic E-state index is 12.4. The van der Waals surface area contributed by atoms with Gasteiger partial charge < -0.3 is 5.11 Å². The van der Waals surface area contributed by atoms with Crippen LogP contribution in [0.4, 0.5) is 0 Å². The lowest BCUT2D eigenvalue weighted by molar-refractivity contribution is -0.121. The fourth-order valence-electron chi connectivity index (χ4n) is 4.24. The molecule has 2 nitrogen and oxygen atoms in total. The monoisotopic (exact) mass is 344 g/mol. The lowest BCUT2D eigenvalue weighted by atomic mass is 9.74. The van der Waals surface area contributed by atoms with E-state index in [0.717, 1.165) is 25.2 Å². The number of aryl methyl sites for hydroxylation is 1. The number of benzene rings is 1. The summed E-state index contributed by atoms with van der Waals surface area (Å²) in [6.45, 7) is 2.25. The van der Waals surface area contributed by atoms with E-state index in [9.17, 15) is 9.90 Å². The first-order valence-corrected chi connectivity index (χ1v) is 10.4. The van der Waals surface area contributed by atoms with E-state index in [1.165, 1.54) is 50.5 Å². The summed E-state index contributed by atoms with van der Waals surface area (Å²) in [5.74, 6) is 1.74. The molecular formula is C23H36O2. The highest BCUT2D eigenvalue weighted by atomic mass is 16.3. The van der Waals surface area contributed by atoms with Crippen LogP contribution in [-0.4, -0.2) is 17.0 Å². The van der Waals surface area contributed by atoms with Crippen molar-refractivity contribution in [1.29, 1.82) is 0 Å². The number of hydrogen-bond donors (Lipinski definition) is 1. The molecule has 1 aliphatic rings. The maximum absolute atomic E-state index is 12.4. The first-order valence-electron chi connectivity index (χ1n) is 10.4. The van der Waals surface area contributed by atoms with Gasteiger partial charge in [0.2, 0.25) is 0 Å². The highest BCUT2D eigenvalue weighted by Crippen LogP contribution is 2.36. The predicted molar refractivity (Wildman–Crippen MR) is 105 cm³/mol. The molecule has 0 amide bonds. The van der Waals surface area contributed by atoms with Gasteiger partial charge in [0.1, 0.15) is 5.78 Å². The number of aliphatic hydroxyl groups excluding tert-OH is 1. The molecule has 0 aliphatic heterocycles. The summed E-state index contributed by atoms with van der Waals surface area (Å²) >= 11 is 0. The molecule has 1 fully saturated rings. The van der Waals surface area contributed by atoms with Crippen LogP contribution in [0.1, 0.15) is 83.1 Å². The fraction of sp³-hybridized carbons (Fsp3) is 0.696. The third-order valence-corrected chi connectivity index (χ3v) is 5.85. The van der Waals surface area contributed by atoms with Crippen LogP contribution in [0, 0.1) is 11.8 Å². The molecule has 0 bridgehead atoms. The summed E-state index contributed by atoms with van der Waals surface area (Å²) in [5, 5.41) is 10.2. The molecule has 0 aromatic heterocycles. The van der Waals surface area contributed by atoms with Gasteiger partial charge in [-0.25, -0.2) is 0 Å². The lowest BCUT2D eigenvalue weighted by Crippen LogP contribution is -2.23. The minimum Gasteiger partial charge on any atom is -0.393 e. The second-order valence-electron chi connectivity index (χ2n) is 7.91. The molecule has 3 unspecified atom stereocenters. The van der Waals surface area contributed by atoms with E-state index in [4.69, 9.17) is 0 Å². The molecule has 0 heterocycles. The summed E-state index contributed by atoms with van der Waals surface area (Å²) in [5.41, 5.74) is 1.26. The zero-order chi connectivity index (χ0) is 17.9. The zero-order valence-electron chi connectivity index (χ0n) is 16.0. The highest BCUT2D eigenvalue weighted by Gasteiger charge is 2.26. The second kappa shape index (κ2) is 11.5. The van der Waals surface area contributed by atoms with Crippen LogP contribution in [0.5, 0.6) is 0 Å². The predicted octanol–water partition coefficient (Wildman–Crippen LogP) is 5.72. The Labute approximate surface area is 154 Å². The fourth-order valence-corrected chi connectivity index (χ4v) is 4.24. The lowest BCUT2D eigenvalue weighted by Gasteiger charge is -2.31. The van der Waals surface area contributed by atoms with Gasteiger partial charge in [-0.05, 0) is 43.1 Å². The quantitative estimate of drug-likeness (QED) is 0.558. The Morgan fingerprint density at radius 3 is 2.56 bits per heavy atom. The Bertz CT molecular complexity index is 482. The van der Waals surface area contributed by atoms with Gasteiger partial charge in [-0.1, -0.05) is 75.8 Å². The van der Waals surface area contributed by atoms with Gasteiger partial charge >= 0.3 is 0 Å². The molecule has 25 heavy (non-hydrogen) atoms. The van der Waals surface area contributed by atoms with Crippen molar-refractivity contribution in [3.8, 4) is 0 Å². The molecule has 2 rings (SSSR count). The van der Waals surface area contributed by atoms with Crippen LogP contribution in [0.3, 0.4) is 0 Å². The zero-order valence-corrected chi connectivity index (χ0v) is 16.0. The SMILES string of the molecule is CCCCC1CCCCC1CC(=O)CCC(O)CCc1ccccc1. The van der Waals surface area contributed by atoms with Gasteiger partial charge in [0, 0.05) is 12.8 Å². The minimum absolute atomic E-state index is 0.355. The Balaban J connectivity index is 1.66. The second-order valence-corrected chi connectivity index (χ2v) is 7.91. The molecule has 3 atom stereocenters. The normalized spacial score (nSPS) is 21.8. The van der Waals surface area contributed by atoms with Gasteiger partial charge in [-0.2, -0.15) is 0 Å². The first-order chi connectivity index (χ1) is 12.2. The summed E-state index contributed by atoms with van der Waals surface area (Å²) in [6.07, 6.45) is 12.2. The molecule has 1 N–H and O–H groups in total. The van der Waals surface area contributed by atoms with Gasteiger partial charge in [-0.3, -0.25) is 4.79 Å². The third kappa shape index (κ3) is 7.73. The van der Waals surface area contributed by atoms with Crippen molar-refractivity contribution in [3.63, 3.8) is 0 Å². The Morgan fingerprint density at radius 1 is 1.12 bits per heavy atom. The average Bonchev–Trinajstić information content (AvgIpc) is 2.65. The maximum Gasteiger partial charge on any atom is 0.133 e. The van der Waals surface area contributed by atoms with E-state index in [1.54, 1.807) is 0 Å². The minimum atomic E-state index is -0.355. The number of aliphatic hydroxyl groups is 1. The van der Waals surface area contributed by atoms with Crippen molar-refractivity contribution >= 4 is 5.78 Å². The number of ketones is 1. The van der Waals surface area contributed by atoms with Crippen molar-refractivity contribution in [3.05, 3.63) is 35.9 Å². The molecule has 2 heteroatoms. The first kappa shape index (κ1) is 20.2. The van der Waals surface area contributed by atoms with Crippen LogP contribution in [0.25, 0.3) is 0 Å². The van der Waals surface area contributed by atoms with Crippen molar-refractivity contribution in [2.45, 2.75) is 90.1 Å². The number of carbonyl (C=O) groups excluding carboxylic acids is 1. The van der Waals surface area contributed by atoms with E-state index in [-0.39, 0.29) is 6.10 Å². The third-order valence-electron chi connectivity index (χ3n) is 5.85. The van der Waals surface area contributed by atoms with Gasteiger partial charge in [0.15, 0.2) is 0 Å². The Kier molecular flexibility index (Phi) is 9.25. The van der Waals surface area contributed by atoms with Crippen LogP contribution >= 0.6 is 0 Å². The number of unbranched alkanes of at least 4 members (excludes halogenated alkanes) is 1. The van der Waals surface area contributed by atoms with Gasteiger partial charge in [0.25, 0.3) is 0 Å². The molecular weight excluding hydrogens is 308 g/mol. The van der Waals surface area contributed by atoms with Crippen molar-refractivity contribution in [2.24, 2.45) is 11.8 Å². The molecule has 1 aromatic carbocycles. The highest BCUT2D eigenvalue weighted by molar-refractivity contribution is 5.78. The summed E-state index contributed by atoms with van der Waals surface area (Å²) in [7, 11) is 0. The van der Waals surface area contributed by atoms with Crippen LogP contribution < -0.4 is 0 Å². The summed E-state index contributed by atoms with van der Waals surface area (Å²) in [4.78, 5) is 12.4. The molecule has 1 aliphatic carbocycles. The topological polar surface area (TPSA) is 37.3 Å². The smallest absolute Gasteiger partial charge is 0.133 e. The van der Waals surface area contributed by atoms with Gasteiger partial charge in [0.05, 0.1) is 6.10 Å². The molecule has 1 saturated carbocycles. The Hall–Kier alpha value is -1.15. The Morgan fingerprint density at radius 2 is 1.84 bits per heavy atom.